The monoisotopic (exact) mass is 513 g/mol. The van der Waals surface area contributed by atoms with E-state index in [9.17, 15) is 26.0 Å². The van der Waals surface area contributed by atoms with Gasteiger partial charge in [0.1, 0.15) is 5.82 Å². The van der Waals surface area contributed by atoms with Gasteiger partial charge < -0.3 is 0 Å². The summed E-state index contributed by atoms with van der Waals surface area (Å²) in [6.45, 7) is 0. The summed E-state index contributed by atoms with van der Waals surface area (Å²) in [7, 11) is -7.55. The molecular weight excluding hydrogens is 497 g/mol. The van der Waals surface area contributed by atoms with Crippen molar-refractivity contribution in [3.63, 3.8) is 0 Å². The number of carbonyl (C=O) groups excluding carboxylic acids is 1. The molecule has 0 aromatic heterocycles. The first-order valence-electron chi connectivity index (χ1n) is 9.02. The van der Waals surface area contributed by atoms with Crippen molar-refractivity contribution >= 4 is 49.1 Å². The molecule has 0 bridgehead atoms. The zero-order valence-electron chi connectivity index (χ0n) is 16.6. The Labute approximate surface area is 194 Å². The third kappa shape index (κ3) is 6.32. The van der Waals surface area contributed by atoms with E-state index in [0.29, 0.717) is 10.5 Å². The summed E-state index contributed by atoms with van der Waals surface area (Å²) in [4.78, 5) is 12.4. The molecule has 3 rings (SSSR count). The SMILES string of the molecule is CS(=O)(=O)NC(=O)Cc1cc(Cl)cc(Sc2ccc(S(=O)(=O)c3ccccc3)cc2F)c1. The first-order valence-corrected chi connectivity index (χ1v) is 13.6. The maximum absolute atomic E-state index is 14.7. The second-order valence-electron chi connectivity index (χ2n) is 6.78. The first kappa shape index (κ1) is 24.2. The average Bonchev–Trinajstić information content (AvgIpc) is 2.68. The van der Waals surface area contributed by atoms with Crippen LogP contribution in [-0.2, 0) is 31.1 Å². The minimum absolute atomic E-state index is 0.0617. The minimum Gasteiger partial charge on any atom is -0.274 e. The van der Waals surface area contributed by atoms with Crippen molar-refractivity contribution < 1.29 is 26.0 Å². The van der Waals surface area contributed by atoms with Crippen molar-refractivity contribution in [1.82, 2.24) is 4.72 Å². The molecule has 0 atom stereocenters. The van der Waals surface area contributed by atoms with Gasteiger partial charge in [-0.2, -0.15) is 0 Å². The van der Waals surface area contributed by atoms with Gasteiger partial charge in [0.05, 0.1) is 22.5 Å². The van der Waals surface area contributed by atoms with Crippen LogP contribution in [0.2, 0.25) is 5.02 Å². The third-order valence-electron chi connectivity index (χ3n) is 4.09. The van der Waals surface area contributed by atoms with Crippen LogP contribution in [0.1, 0.15) is 5.56 Å². The van der Waals surface area contributed by atoms with Crippen molar-refractivity contribution in [3.8, 4) is 0 Å². The number of hydrogen-bond donors (Lipinski definition) is 1. The molecule has 11 heteroatoms. The number of rotatable bonds is 7. The van der Waals surface area contributed by atoms with Gasteiger partial charge in [-0.15, -0.1) is 0 Å². The zero-order valence-corrected chi connectivity index (χ0v) is 19.8. The normalized spacial score (nSPS) is 11.8. The second kappa shape index (κ2) is 9.62. The summed E-state index contributed by atoms with van der Waals surface area (Å²) < 4.78 is 64.3. The number of amides is 1. The molecule has 0 unspecified atom stereocenters. The smallest absolute Gasteiger partial charge is 0.237 e. The highest BCUT2D eigenvalue weighted by molar-refractivity contribution is 7.99. The van der Waals surface area contributed by atoms with Crippen LogP contribution >= 0.6 is 23.4 Å². The van der Waals surface area contributed by atoms with Crippen molar-refractivity contribution in [2.45, 2.75) is 26.0 Å². The molecule has 0 spiro atoms. The lowest BCUT2D eigenvalue weighted by Gasteiger charge is -2.09. The number of hydrogen-bond acceptors (Lipinski definition) is 6. The van der Waals surface area contributed by atoms with E-state index in [0.717, 1.165) is 24.1 Å². The van der Waals surface area contributed by atoms with Gasteiger partial charge in [0.2, 0.25) is 25.8 Å². The van der Waals surface area contributed by atoms with E-state index in [1.807, 2.05) is 4.72 Å². The predicted octanol–water partition coefficient (Wildman–Crippen LogP) is 4.08. The van der Waals surface area contributed by atoms with Crippen molar-refractivity contribution in [3.05, 3.63) is 83.1 Å². The summed E-state index contributed by atoms with van der Waals surface area (Å²) >= 11 is 7.08. The minimum atomic E-state index is -3.86. The van der Waals surface area contributed by atoms with Crippen LogP contribution < -0.4 is 4.72 Å². The van der Waals surface area contributed by atoms with Gasteiger partial charge >= 0.3 is 0 Å². The summed E-state index contributed by atoms with van der Waals surface area (Å²) in [6, 6.07) is 16.0. The third-order valence-corrected chi connectivity index (χ3v) is 7.70. The first-order chi connectivity index (χ1) is 14.9. The van der Waals surface area contributed by atoms with E-state index in [2.05, 4.69) is 0 Å². The molecule has 3 aromatic rings. The topological polar surface area (TPSA) is 97.4 Å². The van der Waals surface area contributed by atoms with Gasteiger partial charge in [-0.1, -0.05) is 41.6 Å². The Morgan fingerprint density at radius 3 is 2.28 bits per heavy atom. The Hall–Kier alpha value is -2.40. The molecule has 0 aliphatic carbocycles. The predicted molar refractivity (Wildman–Crippen MR) is 121 cm³/mol. The van der Waals surface area contributed by atoms with Crippen LogP contribution in [0.3, 0.4) is 0 Å². The van der Waals surface area contributed by atoms with Gasteiger partial charge in [-0.05, 0) is 54.1 Å². The molecule has 32 heavy (non-hydrogen) atoms. The number of sulfonamides is 1. The van der Waals surface area contributed by atoms with Crippen LogP contribution in [0, 0.1) is 5.82 Å². The van der Waals surface area contributed by atoms with Crippen LogP contribution in [0.25, 0.3) is 0 Å². The maximum Gasteiger partial charge on any atom is 0.237 e. The second-order valence-corrected chi connectivity index (χ2v) is 12.0. The molecule has 1 amide bonds. The molecule has 0 heterocycles. The molecular formula is C21H17ClFNO5S3. The fourth-order valence-corrected chi connectivity index (χ4v) is 5.85. The molecule has 3 aromatic carbocycles. The molecule has 0 fully saturated rings. The van der Waals surface area contributed by atoms with Crippen molar-refractivity contribution in [2.75, 3.05) is 6.26 Å². The Balaban J connectivity index is 1.83. The average molecular weight is 514 g/mol. The number of carbonyl (C=O) groups is 1. The highest BCUT2D eigenvalue weighted by Gasteiger charge is 2.19. The Bertz CT molecular complexity index is 1380. The lowest BCUT2D eigenvalue weighted by molar-refractivity contribution is -0.118. The molecule has 0 radical (unpaired) electrons. The Kier molecular flexibility index (Phi) is 7.29. The van der Waals surface area contributed by atoms with Crippen LogP contribution in [-0.4, -0.2) is 29.0 Å². The maximum atomic E-state index is 14.7. The fraction of sp³-hybridized carbons (Fsp3) is 0.0952. The number of halogens is 2. The van der Waals surface area contributed by atoms with Gasteiger partial charge in [-0.3, -0.25) is 9.52 Å². The lowest BCUT2D eigenvalue weighted by atomic mass is 10.1. The standard InChI is InChI=1S/C21H17ClFNO5S3/c1-31(26,27)24-21(25)11-14-9-15(22)12-16(10-14)30-20-8-7-18(13-19(20)23)32(28,29)17-5-3-2-4-6-17/h2-10,12-13H,11H2,1H3,(H,24,25). The summed E-state index contributed by atoms with van der Waals surface area (Å²) in [5, 5.41) is 0.279. The number of benzene rings is 3. The highest BCUT2D eigenvalue weighted by Crippen LogP contribution is 2.34. The van der Waals surface area contributed by atoms with Gasteiger partial charge in [0.25, 0.3) is 0 Å². The van der Waals surface area contributed by atoms with Crippen LogP contribution in [0.4, 0.5) is 4.39 Å². The summed E-state index contributed by atoms with van der Waals surface area (Å²) in [5.41, 5.74) is 0.435. The van der Waals surface area contributed by atoms with E-state index in [-0.39, 0.29) is 26.1 Å². The zero-order chi connectivity index (χ0) is 23.5. The molecule has 0 aliphatic rings. The van der Waals surface area contributed by atoms with Gasteiger partial charge in [0, 0.05) is 14.8 Å². The van der Waals surface area contributed by atoms with Crippen molar-refractivity contribution in [2.24, 2.45) is 0 Å². The van der Waals surface area contributed by atoms with Crippen molar-refractivity contribution in [1.29, 1.82) is 0 Å². The highest BCUT2D eigenvalue weighted by atomic mass is 35.5. The summed E-state index contributed by atoms with van der Waals surface area (Å²) in [5.74, 6) is -1.46. The van der Waals surface area contributed by atoms with E-state index in [1.165, 1.54) is 30.3 Å². The molecule has 168 valence electrons. The summed E-state index contributed by atoms with van der Waals surface area (Å²) in [6.07, 6.45) is 0.631. The molecule has 0 saturated heterocycles. The number of sulfone groups is 1. The molecule has 0 aliphatic heterocycles. The Morgan fingerprint density at radius 2 is 1.66 bits per heavy atom. The largest absolute Gasteiger partial charge is 0.274 e. The van der Waals surface area contributed by atoms with E-state index >= 15 is 0 Å². The van der Waals surface area contributed by atoms with E-state index < -0.39 is 31.6 Å². The number of nitrogens with one attached hydrogen (secondary N) is 1. The molecule has 6 nitrogen and oxygen atoms in total. The fourth-order valence-electron chi connectivity index (χ4n) is 2.80. The van der Waals surface area contributed by atoms with Crippen LogP contribution in [0.15, 0.2) is 86.3 Å². The van der Waals surface area contributed by atoms with E-state index in [1.54, 1.807) is 30.3 Å². The van der Waals surface area contributed by atoms with E-state index in [4.69, 9.17) is 11.6 Å². The molecule has 1 N–H and O–H groups in total. The molecule has 0 saturated carbocycles. The quantitative estimate of drug-likeness (QED) is 0.511. The van der Waals surface area contributed by atoms with Gasteiger partial charge in [0.15, 0.2) is 0 Å². The van der Waals surface area contributed by atoms with Crippen LogP contribution in [0.5, 0.6) is 0 Å². The van der Waals surface area contributed by atoms with Gasteiger partial charge in [-0.25, -0.2) is 21.2 Å². The lowest BCUT2D eigenvalue weighted by Crippen LogP contribution is -2.30. The Morgan fingerprint density at radius 1 is 0.969 bits per heavy atom.